The molecule has 0 aliphatic heterocycles. The van der Waals surface area contributed by atoms with Gasteiger partial charge in [0, 0.05) is 20.1 Å². The average Bonchev–Trinajstić information content (AvgIpc) is 2.92. The summed E-state index contributed by atoms with van der Waals surface area (Å²) in [7, 11) is 1.56. The number of ether oxygens (including phenoxy) is 2. The molecule has 0 bridgehead atoms. The van der Waals surface area contributed by atoms with E-state index >= 15 is 0 Å². The van der Waals surface area contributed by atoms with Crippen molar-refractivity contribution in [2.24, 2.45) is 0 Å². The van der Waals surface area contributed by atoms with Gasteiger partial charge in [0.1, 0.15) is 12.8 Å². The third-order valence-electron chi connectivity index (χ3n) is 5.52. The van der Waals surface area contributed by atoms with E-state index in [1.165, 1.54) is 0 Å². The van der Waals surface area contributed by atoms with E-state index in [9.17, 15) is 9.59 Å². The number of carbonyl (C=O) groups excluding carboxylic acids is 2. The normalized spacial score (nSPS) is 10.6. The van der Waals surface area contributed by atoms with Gasteiger partial charge in [0.05, 0.1) is 7.11 Å². The van der Waals surface area contributed by atoms with E-state index in [0.29, 0.717) is 34.8 Å². The van der Waals surface area contributed by atoms with Gasteiger partial charge in [0.2, 0.25) is 0 Å². The fourth-order valence-electron chi connectivity index (χ4n) is 3.56. The topological polar surface area (TPSA) is 76.7 Å². The molecule has 0 atom stereocenters. The second-order valence-corrected chi connectivity index (χ2v) is 9.91. The maximum absolute atomic E-state index is 13.1. The minimum atomic E-state index is -0.836. The summed E-state index contributed by atoms with van der Waals surface area (Å²) in [6.07, 6.45) is -0.836. The molecule has 188 valence electrons. The standard InChI is InChI=1S/C29H24Br2N2O4/c1-36-25-16-11-22(17-26(25)37-18-19-5-3-2-4-6-19)27(32-28(34)20-7-12-23(30)13-8-20)33-29(35)21-9-14-24(31)15-10-21/h2-17,27H,18H2,1H3,(H,32,34)(H,33,35). The Balaban J connectivity index is 1.62. The van der Waals surface area contributed by atoms with Crippen molar-refractivity contribution in [2.75, 3.05) is 7.11 Å². The van der Waals surface area contributed by atoms with Crippen molar-refractivity contribution in [3.8, 4) is 11.5 Å². The van der Waals surface area contributed by atoms with Crippen LogP contribution in [-0.4, -0.2) is 18.9 Å². The summed E-state index contributed by atoms with van der Waals surface area (Å²) in [6, 6.07) is 29.0. The van der Waals surface area contributed by atoms with Crippen molar-refractivity contribution in [1.82, 2.24) is 10.6 Å². The molecule has 0 aromatic heterocycles. The number of hydrogen-bond acceptors (Lipinski definition) is 4. The van der Waals surface area contributed by atoms with Crippen molar-refractivity contribution in [3.05, 3.63) is 128 Å². The summed E-state index contributed by atoms with van der Waals surface area (Å²) in [5, 5.41) is 5.86. The van der Waals surface area contributed by atoms with Gasteiger partial charge in [-0.15, -0.1) is 0 Å². The molecule has 0 saturated carbocycles. The third-order valence-corrected chi connectivity index (χ3v) is 6.58. The molecule has 0 heterocycles. The van der Waals surface area contributed by atoms with Crippen molar-refractivity contribution >= 4 is 43.7 Å². The molecule has 0 saturated heterocycles. The first-order chi connectivity index (χ1) is 17.9. The molecule has 0 aliphatic rings. The van der Waals surface area contributed by atoms with Crippen LogP contribution in [-0.2, 0) is 6.61 Å². The number of benzene rings is 4. The number of hydrogen-bond donors (Lipinski definition) is 2. The van der Waals surface area contributed by atoms with Gasteiger partial charge in [-0.25, -0.2) is 0 Å². The summed E-state index contributed by atoms with van der Waals surface area (Å²) in [6.45, 7) is 0.335. The lowest BCUT2D eigenvalue weighted by molar-refractivity contribution is 0.0883. The summed E-state index contributed by atoms with van der Waals surface area (Å²) < 4.78 is 13.3. The molecule has 4 rings (SSSR count). The van der Waals surface area contributed by atoms with Crippen molar-refractivity contribution in [2.45, 2.75) is 12.8 Å². The van der Waals surface area contributed by atoms with Gasteiger partial charge in [-0.3, -0.25) is 9.59 Å². The highest BCUT2D eigenvalue weighted by molar-refractivity contribution is 9.10. The van der Waals surface area contributed by atoms with Crippen LogP contribution in [0.3, 0.4) is 0 Å². The lowest BCUT2D eigenvalue weighted by Crippen LogP contribution is -2.41. The molecule has 0 radical (unpaired) electrons. The highest BCUT2D eigenvalue weighted by Gasteiger charge is 2.21. The van der Waals surface area contributed by atoms with Gasteiger partial charge in [-0.2, -0.15) is 0 Å². The van der Waals surface area contributed by atoms with Crippen LogP contribution in [0.2, 0.25) is 0 Å². The molecule has 8 heteroatoms. The molecule has 37 heavy (non-hydrogen) atoms. The molecule has 0 aliphatic carbocycles. The van der Waals surface area contributed by atoms with Crippen LogP contribution in [0.5, 0.6) is 11.5 Å². The Kier molecular flexibility index (Phi) is 8.98. The maximum Gasteiger partial charge on any atom is 0.253 e. The predicted octanol–water partition coefficient (Wildman–Crippen LogP) is 6.66. The Bertz CT molecular complexity index is 1300. The molecule has 6 nitrogen and oxygen atoms in total. The summed E-state index contributed by atoms with van der Waals surface area (Å²) >= 11 is 6.76. The molecule has 4 aromatic rings. The number of nitrogens with one attached hydrogen (secondary N) is 2. The van der Waals surface area contributed by atoms with Crippen LogP contribution in [0.15, 0.2) is 106 Å². The zero-order chi connectivity index (χ0) is 26.2. The first-order valence-electron chi connectivity index (χ1n) is 11.4. The second kappa shape index (κ2) is 12.6. The summed E-state index contributed by atoms with van der Waals surface area (Å²) in [4.78, 5) is 26.2. The average molecular weight is 624 g/mol. The van der Waals surface area contributed by atoms with Gasteiger partial charge in [-0.05, 0) is 71.8 Å². The first kappa shape index (κ1) is 26.4. The molecular weight excluding hydrogens is 600 g/mol. The van der Waals surface area contributed by atoms with Gasteiger partial charge in [0.15, 0.2) is 11.5 Å². The van der Waals surface area contributed by atoms with Crippen LogP contribution in [0.4, 0.5) is 0 Å². The molecule has 0 fully saturated rings. The third kappa shape index (κ3) is 7.21. The largest absolute Gasteiger partial charge is 0.493 e. The van der Waals surface area contributed by atoms with Crippen molar-refractivity contribution in [1.29, 1.82) is 0 Å². The fraction of sp³-hybridized carbons (Fsp3) is 0.103. The zero-order valence-electron chi connectivity index (χ0n) is 19.9. The van der Waals surface area contributed by atoms with Gasteiger partial charge in [-0.1, -0.05) is 68.3 Å². The summed E-state index contributed by atoms with van der Waals surface area (Å²) in [5.41, 5.74) is 2.54. The highest BCUT2D eigenvalue weighted by atomic mass is 79.9. The number of carbonyl (C=O) groups is 2. The fourth-order valence-corrected chi connectivity index (χ4v) is 4.08. The molecular formula is C29H24Br2N2O4. The molecule has 4 aromatic carbocycles. The number of methoxy groups -OCH3 is 1. The minimum Gasteiger partial charge on any atom is -0.493 e. The van der Waals surface area contributed by atoms with E-state index in [-0.39, 0.29) is 11.8 Å². The van der Waals surface area contributed by atoms with E-state index in [1.54, 1.807) is 73.8 Å². The highest BCUT2D eigenvalue weighted by Crippen LogP contribution is 2.31. The number of amides is 2. The lowest BCUT2D eigenvalue weighted by Gasteiger charge is -2.22. The maximum atomic E-state index is 13.1. The molecule has 2 N–H and O–H groups in total. The quantitative estimate of drug-likeness (QED) is 0.205. The van der Waals surface area contributed by atoms with E-state index in [1.807, 2.05) is 30.3 Å². The Morgan fingerprint density at radius 2 is 1.27 bits per heavy atom. The Morgan fingerprint density at radius 1 is 0.730 bits per heavy atom. The Labute approximate surface area is 232 Å². The smallest absolute Gasteiger partial charge is 0.253 e. The number of rotatable bonds is 9. The summed E-state index contributed by atoms with van der Waals surface area (Å²) in [5.74, 6) is 0.355. The van der Waals surface area contributed by atoms with Gasteiger partial charge < -0.3 is 20.1 Å². The number of halogens is 2. The predicted molar refractivity (Wildman–Crippen MR) is 150 cm³/mol. The van der Waals surface area contributed by atoms with Crippen LogP contribution in [0, 0.1) is 0 Å². The Hall–Kier alpha value is -3.62. The zero-order valence-corrected chi connectivity index (χ0v) is 23.1. The van der Waals surface area contributed by atoms with E-state index in [2.05, 4.69) is 42.5 Å². The van der Waals surface area contributed by atoms with Gasteiger partial charge in [0.25, 0.3) is 11.8 Å². The van der Waals surface area contributed by atoms with Gasteiger partial charge >= 0.3 is 0 Å². The first-order valence-corrected chi connectivity index (χ1v) is 13.0. The van der Waals surface area contributed by atoms with Crippen LogP contribution in [0.25, 0.3) is 0 Å². The van der Waals surface area contributed by atoms with Crippen LogP contribution >= 0.6 is 31.9 Å². The van der Waals surface area contributed by atoms with E-state index in [0.717, 1.165) is 14.5 Å². The minimum absolute atomic E-state index is 0.335. The van der Waals surface area contributed by atoms with Crippen molar-refractivity contribution < 1.29 is 19.1 Å². The molecule has 0 spiro atoms. The van der Waals surface area contributed by atoms with Crippen LogP contribution in [0.1, 0.15) is 38.0 Å². The van der Waals surface area contributed by atoms with E-state index in [4.69, 9.17) is 9.47 Å². The SMILES string of the molecule is COc1ccc(C(NC(=O)c2ccc(Br)cc2)NC(=O)c2ccc(Br)cc2)cc1OCc1ccccc1. The molecule has 2 amide bonds. The second-order valence-electron chi connectivity index (χ2n) is 8.08. The van der Waals surface area contributed by atoms with Crippen molar-refractivity contribution in [3.63, 3.8) is 0 Å². The Morgan fingerprint density at radius 3 is 1.78 bits per heavy atom. The lowest BCUT2D eigenvalue weighted by atomic mass is 10.1. The van der Waals surface area contributed by atoms with E-state index < -0.39 is 6.17 Å². The van der Waals surface area contributed by atoms with Crippen LogP contribution < -0.4 is 20.1 Å². The monoisotopic (exact) mass is 622 g/mol. The molecule has 0 unspecified atom stereocenters.